The van der Waals surface area contributed by atoms with Gasteiger partial charge in [-0.25, -0.2) is 0 Å². The van der Waals surface area contributed by atoms with Crippen LogP contribution in [0.15, 0.2) is 24.4 Å². The van der Waals surface area contributed by atoms with Gasteiger partial charge in [0.2, 0.25) is 0 Å². The molecule has 2 aromatic rings. The molecule has 0 saturated carbocycles. The van der Waals surface area contributed by atoms with Crippen LogP contribution in [-0.2, 0) is 7.05 Å². The van der Waals surface area contributed by atoms with Crippen LogP contribution < -0.4 is 0 Å². The number of carbonyl (C=O) groups excluding carboxylic acids is 1. The first kappa shape index (κ1) is 12.6. The summed E-state index contributed by atoms with van der Waals surface area (Å²) in [5.41, 5.74) is 5.22. The molecule has 0 amide bonds. The normalized spacial score (nSPS) is 10.9. The molecule has 1 aromatic carbocycles. The van der Waals surface area contributed by atoms with E-state index in [9.17, 15) is 4.79 Å². The van der Waals surface area contributed by atoms with E-state index in [0.29, 0.717) is 11.5 Å². The van der Waals surface area contributed by atoms with E-state index >= 15 is 0 Å². The monoisotopic (exact) mass is 242 g/mol. The lowest BCUT2D eigenvalue weighted by molar-refractivity contribution is 0.112. The molecule has 0 aliphatic carbocycles. The van der Waals surface area contributed by atoms with Crippen LogP contribution in [0.25, 0.3) is 11.1 Å². The summed E-state index contributed by atoms with van der Waals surface area (Å²) in [4.78, 5) is 10.8. The average Bonchev–Trinajstić information content (AvgIpc) is 2.71. The van der Waals surface area contributed by atoms with Crippen LogP contribution in [0.5, 0.6) is 0 Å². The molecule has 2 rings (SSSR count). The number of aryl methyl sites for hydroxylation is 2. The fraction of sp³-hybridized carbons (Fsp3) is 0.333. The lowest BCUT2D eigenvalue weighted by Gasteiger charge is -2.08. The minimum absolute atomic E-state index is 0.381. The minimum Gasteiger partial charge on any atom is -0.298 e. The van der Waals surface area contributed by atoms with Gasteiger partial charge < -0.3 is 0 Å². The summed E-state index contributed by atoms with van der Waals surface area (Å²) < 4.78 is 1.84. The number of aromatic nitrogens is 2. The molecule has 1 aromatic heterocycles. The van der Waals surface area contributed by atoms with Crippen molar-refractivity contribution in [2.75, 3.05) is 0 Å². The first-order chi connectivity index (χ1) is 8.52. The molecular weight excluding hydrogens is 224 g/mol. The molecule has 0 radical (unpaired) electrons. The summed E-state index contributed by atoms with van der Waals surface area (Å²) in [6.07, 6.45) is 2.92. The van der Waals surface area contributed by atoms with Crippen molar-refractivity contribution in [1.29, 1.82) is 0 Å². The molecule has 0 N–H and O–H groups in total. The van der Waals surface area contributed by atoms with Crippen molar-refractivity contribution >= 4 is 6.29 Å². The highest BCUT2D eigenvalue weighted by Gasteiger charge is 2.14. The van der Waals surface area contributed by atoms with Gasteiger partial charge in [0.15, 0.2) is 0 Å². The molecule has 1 heterocycles. The molecule has 0 bridgehead atoms. The largest absolute Gasteiger partial charge is 0.298 e. The average molecular weight is 242 g/mol. The molecule has 0 aliphatic rings. The van der Waals surface area contributed by atoms with Crippen LogP contribution >= 0.6 is 0 Å². The topological polar surface area (TPSA) is 34.9 Å². The second-order valence-electron chi connectivity index (χ2n) is 4.95. The zero-order chi connectivity index (χ0) is 13.3. The Bertz CT molecular complexity index is 582. The number of rotatable bonds is 3. The lowest BCUT2D eigenvalue weighted by atomic mass is 9.95. The van der Waals surface area contributed by atoms with Crippen molar-refractivity contribution in [3.63, 3.8) is 0 Å². The third kappa shape index (κ3) is 2.21. The van der Waals surface area contributed by atoms with Crippen LogP contribution in [-0.4, -0.2) is 16.1 Å². The van der Waals surface area contributed by atoms with E-state index in [1.807, 2.05) is 43.0 Å². The van der Waals surface area contributed by atoms with Crippen molar-refractivity contribution in [2.24, 2.45) is 7.05 Å². The van der Waals surface area contributed by atoms with Gasteiger partial charge in [-0.2, -0.15) is 5.10 Å². The lowest BCUT2D eigenvalue weighted by Crippen LogP contribution is -1.94. The Labute approximate surface area is 107 Å². The maximum Gasteiger partial charge on any atom is 0.150 e. The summed E-state index contributed by atoms with van der Waals surface area (Å²) in [6.45, 7) is 6.31. The van der Waals surface area contributed by atoms with E-state index in [0.717, 1.165) is 28.7 Å². The fourth-order valence-electron chi connectivity index (χ4n) is 2.20. The van der Waals surface area contributed by atoms with Gasteiger partial charge in [0, 0.05) is 24.4 Å². The number of hydrogen-bond acceptors (Lipinski definition) is 2. The van der Waals surface area contributed by atoms with Gasteiger partial charge in [-0.05, 0) is 30.0 Å². The van der Waals surface area contributed by atoms with Gasteiger partial charge in [-0.15, -0.1) is 0 Å². The molecule has 3 heteroatoms. The van der Waals surface area contributed by atoms with Crippen LogP contribution in [0.3, 0.4) is 0 Å². The summed E-state index contributed by atoms with van der Waals surface area (Å²) in [6, 6.07) is 5.77. The fourth-order valence-corrected chi connectivity index (χ4v) is 2.20. The maximum absolute atomic E-state index is 10.8. The molecule has 0 spiro atoms. The highest BCUT2D eigenvalue weighted by atomic mass is 16.1. The molecule has 18 heavy (non-hydrogen) atoms. The Hall–Kier alpha value is -1.90. The summed E-state index contributed by atoms with van der Waals surface area (Å²) in [5.74, 6) is 0.381. The Kier molecular flexibility index (Phi) is 3.32. The number of hydrogen-bond donors (Lipinski definition) is 0. The highest BCUT2D eigenvalue weighted by molar-refractivity contribution is 5.79. The highest BCUT2D eigenvalue weighted by Crippen LogP contribution is 2.30. The van der Waals surface area contributed by atoms with Crippen LogP contribution in [0.1, 0.15) is 41.4 Å². The molecule has 0 atom stereocenters. The Morgan fingerprint density at radius 2 is 2.00 bits per heavy atom. The summed E-state index contributed by atoms with van der Waals surface area (Å²) >= 11 is 0. The van der Waals surface area contributed by atoms with Crippen molar-refractivity contribution in [3.05, 3.63) is 41.2 Å². The summed E-state index contributed by atoms with van der Waals surface area (Å²) in [5, 5.41) is 4.52. The van der Waals surface area contributed by atoms with E-state index in [1.54, 1.807) is 0 Å². The molecule has 0 saturated heterocycles. The Morgan fingerprint density at radius 1 is 1.28 bits per heavy atom. The van der Waals surface area contributed by atoms with Gasteiger partial charge >= 0.3 is 0 Å². The van der Waals surface area contributed by atoms with Gasteiger partial charge in [-0.1, -0.05) is 26.0 Å². The Morgan fingerprint density at radius 3 is 2.56 bits per heavy atom. The van der Waals surface area contributed by atoms with Crippen LogP contribution in [0.2, 0.25) is 0 Å². The van der Waals surface area contributed by atoms with Crippen LogP contribution in [0.4, 0.5) is 0 Å². The summed E-state index contributed by atoms with van der Waals surface area (Å²) in [7, 11) is 1.94. The maximum atomic E-state index is 10.8. The number of nitrogens with zero attached hydrogens (tertiary/aromatic N) is 2. The van der Waals surface area contributed by atoms with Crippen molar-refractivity contribution in [1.82, 2.24) is 9.78 Å². The van der Waals surface area contributed by atoms with E-state index in [-0.39, 0.29) is 0 Å². The van der Waals surface area contributed by atoms with Crippen molar-refractivity contribution in [3.8, 4) is 11.1 Å². The number of carbonyl (C=O) groups is 1. The standard InChI is InChI=1S/C15H18N2O/c1-10(2)15-14(8-17(4)16-15)13-6-5-12(9-18)7-11(13)3/h5-10H,1-4H3. The molecule has 0 aliphatic heterocycles. The first-order valence-electron chi connectivity index (χ1n) is 6.12. The number of benzene rings is 1. The van der Waals surface area contributed by atoms with Crippen LogP contribution in [0, 0.1) is 6.92 Å². The van der Waals surface area contributed by atoms with Gasteiger partial charge in [0.1, 0.15) is 6.29 Å². The molecule has 0 fully saturated rings. The minimum atomic E-state index is 0.381. The molecule has 94 valence electrons. The van der Waals surface area contributed by atoms with Crippen molar-refractivity contribution < 1.29 is 4.79 Å². The second-order valence-corrected chi connectivity index (χ2v) is 4.95. The zero-order valence-electron chi connectivity index (χ0n) is 11.3. The third-order valence-electron chi connectivity index (χ3n) is 3.08. The van der Waals surface area contributed by atoms with Gasteiger partial charge in [0.25, 0.3) is 0 Å². The number of aldehydes is 1. The first-order valence-corrected chi connectivity index (χ1v) is 6.12. The third-order valence-corrected chi connectivity index (χ3v) is 3.08. The van der Waals surface area contributed by atoms with E-state index in [4.69, 9.17) is 0 Å². The zero-order valence-corrected chi connectivity index (χ0v) is 11.3. The smallest absolute Gasteiger partial charge is 0.150 e. The molecular formula is C15H18N2O. The predicted molar refractivity (Wildman–Crippen MR) is 72.9 cm³/mol. The quantitative estimate of drug-likeness (QED) is 0.774. The molecule has 3 nitrogen and oxygen atoms in total. The van der Waals surface area contributed by atoms with E-state index in [1.165, 1.54) is 0 Å². The van der Waals surface area contributed by atoms with Gasteiger partial charge in [0.05, 0.1) is 5.69 Å². The van der Waals surface area contributed by atoms with E-state index < -0.39 is 0 Å². The predicted octanol–water partition coefficient (Wildman–Crippen LogP) is 3.33. The second kappa shape index (κ2) is 4.77. The van der Waals surface area contributed by atoms with E-state index in [2.05, 4.69) is 18.9 Å². The SMILES string of the molecule is Cc1cc(C=O)ccc1-c1cn(C)nc1C(C)C. The van der Waals surface area contributed by atoms with Gasteiger partial charge in [-0.3, -0.25) is 9.48 Å². The van der Waals surface area contributed by atoms with Crippen molar-refractivity contribution in [2.45, 2.75) is 26.7 Å². The molecule has 0 unspecified atom stereocenters. The Balaban J connectivity index is 2.58.